The van der Waals surface area contributed by atoms with Crippen LogP contribution in [-0.2, 0) is 14.3 Å². The van der Waals surface area contributed by atoms with Gasteiger partial charge in [-0.3, -0.25) is 8.98 Å². The van der Waals surface area contributed by atoms with Crippen LogP contribution in [0.1, 0.15) is 15.9 Å². The molecule has 1 unspecified atom stereocenters. The van der Waals surface area contributed by atoms with Crippen LogP contribution in [0, 0.1) is 6.92 Å². The molecule has 128 valence electrons. The summed E-state index contributed by atoms with van der Waals surface area (Å²) in [6.45, 7) is 1.29. The van der Waals surface area contributed by atoms with Crippen molar-refractivity contribution in [1.82, 2.24) is 5.32 Å². The second-order valence-electron chi connectivity index (χ2n) is 5.28. The molecule has 0 saturated heterocycles. The fraction of sp³-hybridized carbons (Fsp3) is 0.235. The van der Waals surface area contributed by atoms with Gasteiger partial charge in [0.25, 0.3) is 16.0 Å². The Morgan fingerprint density at radius 2 is 1.75 bits per heavy atom. The first-order valence-corrected chi connectivity index (χ1v) is 8.77. The van der Waals surface area contributed by atoms with Crippen molar-refractivity contribution in [3.05, 3.63) is 65.7 Å². The molecule has 1 atom stereocenters. The van der Waals surface area contributed by atoms with E-state index >= 15 is 0 Å². The molecule has 2 rings (SSSR count). The lowest BCUT2D eigenvalue weighted by Gasteiger charge is -2.12. The number of hydrogen-bond donors (Lipinski definition) is 2. The first-order chi connectivity index (χ1) is 11.4. The Hall–Kier alpha value is -2.22. The maximum absolute atomic E-state index is 12.0. The molecule has 0 fully saturated rings. The second-order valence-corrected chi connectivity index (χ2v) is 6.90. The number of benzene rings is 2. The lowest BCUT2D eigenvalue weighted by atomic mass is 10.2. The Bertz CT molecular complexity index is 772. The van der Waals surface area contributed by atoms with Crippen molar-refractivity contribution in [1.29, 1.82) is 0 Å². The third kappa shape index (κ3) is 5.16. The minimum absolute atomic E-state index is 0.0219. The van der Waals surface area contributed by atoms with Gasteiger partial charge in [-0.05, 0) is 31.2 Å². The van der Waals surface area contributed by atoms with Gasteiger partial charge in [-0.2, -0.15) is 8.42 Å². The predicted octanol–water partition coefficient (Wildman–Crippen LogP) is 1.49. The number of nitrogens with one attached hydrogen (secondary N) is 1. The van der Waals surface area contributed by atoms with Crippen LogP contribution in [0.2, 0.25) is 0 Å². The van der Waals surface area contributed by atoms with Crippen LogP contribution in [0.15, 0.2) is 59.5 Å². The Morgan fingerprint density at radius 3 is 2.38 bits per heavy atom. The maximum atomic E-state index is 12.0. The topological polar surface area (TPSA) is 92.7 Å². The molecule has 0 saturated carbocycles. The normalized spacial score (nSPS) is 12.6. The average molecular weight is 349 g/mol. The van der Waals surface area contributed by atoms with Crippen molar-refractivity contribution < 1.29 is 22.5 Å². The molecule has 0 aliphatic heterocycles. The van der Waals surface area contributed by atoms with Crippen molar-refractivity contribution in [2.75, 3.05) is 13.2 Å². The second kappa shape index (κ2) is 8.05. The highest BCUT2D eigenvalue weighted by Gasteiger charge is 2.18. The summed E-state index contributed by atoms with van der Waals surface area (Å²) in [5.41, 5.74) is 1.38. The summed E-state index contributed by atoms with van der Waals surface area (Å²) in [5, 5.41) is 12.3. The van der Waals surface area contributed by atoms with E-state index in [1.54, 1.807) is 42.5 Å². The molecule has 1 amide bonds. The molecule has 2 aromatic rings. The van der Waals surface area contributed by atoms with Gasteiger partial charge < -0.3 is 10.4 Å². The van der Waals surface area contributed by atoms with Gasteiger partial charge in [-0.1, -0.05) is 35.9 Å². The van der Waals surface area contributed by atoms with E-state index in [2.05, 4.69) is 5.32 Å². The van der Waals surface area contributed by atoms with E-state index in [1.165, 1.54) is 12.1 Å². The molecular weight excluding hydrogens is 330 g/mol. The van der Waals surface area contributed by atoms with Crippen molar-refractivity contribution in [3.8, 4) is 0 Å². The molecule has 24 heavy (non-hydrogen) atoms. The van der Waals surface area contributed by atoms with Gasteiger partial charge in [0.2, 0.25) is 0 Å². The van der Waals surface area contributed by atoms with E-state index in [9.17, 15) is 18.3 Å². The average Bonchev–Trinajstić information content (AvgIpc) is 2.59. The molecule has 0 aromatic heterocycles. The standard InChI is InChI=1S/C17H19NO5S/c1-13-7-9-16(10-8-13)24(21,22)23-12-15(19)11-18-17(20)14-5-3-2-4-6-14/h2-10,15,19H,11-12H2,1H3,(H,18,20). The van der Waals surface area contributed by atoms with Gasteiger partial charge in [-0.15, -0.1) is 0 Å². The van der Waals surface area contributed by atoms with Gasteiger partial charge in [0.15, 0.2) is 0 Å². The molecule has 7 heteroatoms. The van der Waals surface area contributed by atoms with E-state index in [4.69, 9.17) is 4.18 Å². The van der Waals surface area contributed by atoms with E-state index in [-0.39, 0.29) is 17.3 Å². The summed E-state index contributed by atoms with van der Waals surface area (Å²) in [7, 11) is -3.94. The first-order valence-electron chi connectivity index (χ1n) is 7.36. The van der Waals surface area contributed by atoms with Crippen LogP contribution in [0.5, 0.6) is 0 Å². The number of aliphatic hydroxyl groups is 1. The first kappa shape index (κ1) is 18.1. The number of aliphatic hydroxyl groups excluding tert-OH is 1. The summed E-state index contributed by atoms with van der Waals surface area (Å²) in [6, 6.07) is 14.7. The minimum Gasteiger partial charge on any atom is -0.389 e. The van der Waals surface area contributed by atoms with Gasteiger partial charge >= 0.3 is 0 Å². The van der Waals surface area contributed by atoms with Crippen LogP contribution in [0.25, 0.3) is 0 Å². The van der Waals surface area contributed by atoms with E-state index in [0.29, 0.717) is 5.56 Å². The highest BCUT2D eigenvalue weighted by molar-refractivity contribution is 7.86. The largest absolute Gasteiger partial charge is 0.389 e. The Labute approximate surface area is 141 Å². The predicted molar refractivity (Wildman–Crippen MR) is 89.1 cm³/mol. The number of carbonyl (C=O) groups is 1. The fourth-order valence-electron chi connectivity index (χ4n) is 1.90. The zero-order valence-corrected chi connectivity index (χ0v) is 14.0. The van der Waals surface area contributed by atoms with E-state index in [1.807, 2.05) is 6.92 Å². The Morgan fingerprint density at radius 1 is 1.12 bits per heavy atom. The SMILES string of the molecule is Cc1ccc(S(=O)(=O)OCC(O)CNC(=O)c2ccccc2)cc1. The lowest BCUT2D eigenvalue weighted by Crippen LogP contribution is -2.35. The van der Waals surface area contributed by atoms with Crippen molar-refractivity contribution in [2.45, 2.75) is 17.9 Å². The van der Waals surface area contributed by atoms with Gasteiger partial charge in [0.05, 0.1) is 17.6 Å². The molecule has 0 heterocycles. The molecule has 2 aromatic carbocycles. The van der Waals surface area contributed by atoms with Crippen molar-refractivity contribution in [2.24, 2.45) is 0 Å². The summed E-state index contributed by atoms with van der Waals surface area (Å²) >= 11 is 0. The molecule has 0 aliphatic carbocycles. The smallest absolute Gasteiger partial charge is 0.297 e. The van der Waals surface area contributed by atoms with E-state index < -0.39 is 22.8 Å². The number of hydrogen-bond acceptors (Lipinski definition) is 5. The van der Waals surface area contributed by atoms with Gasteiger partial charge in [-0.25, -0.2) is 0 Å². The van der Waals surface area contributed by atoms with Crippen molar-refractivity contribution in [3.63, 3.8) is 0 Å². The Balaban J connectivity index is 1.83. The highest BCUT2D eigenvalue weighted by Crippen LogP contribution is 2.13. The lowest BCUT2D eigenvalue weighted by molar-refractivity contribution is 0.0853. The van der Waals surface area contributed by atoms with Crippen LogP contribution < -0.4 is 5.32 Å². The van der Waals surface area contributed by atoms with Gasteiger partial charge in [0.1, 0.15) is 0 Å². The van der Waals surface area contributed by atoms with Crippen molar-refractivity contribution >= 4 is 16.0 Å². The number of rotatable bonds is 7. The molecule has 0 spiro atoms. The van der Waals surface area contributed by atoms with Crippen LogP contribution in [-0.4, -0.2) is 38.7 Å². The third-order valence-electron chi connectivity index (χ3n) is 3.26. The van der Waals surface area contributed by atoms with Crippen LogP contribution in [0.3, 0.4) is 0 Å². The summed E-state index contributed by atoms with van der Waals surface area (Å²) in [5.74, 6) is -0.351. The van der Waals surface area contributed by atoms with E-state index in [0.717, 1.165) is 5.56 Å². The van der Waals surface area contributed by atoms with Gasteiger partial charge in [0, 0.05) is 12.1 Å². The Kier molecular flexibility index (Phi) is 6.08. The maximum Gasteiger partial charge on any atom is 0.297 e. The summed E-state index contributed by atoms with van der Waals surface area (Å²) in [4.78, 5) is 11.8. The summed E-state index contributed by atoms with van der Waals surface area (Å²) < 4.78 is 28.8. The monoisotopic (exact) mass is 349 g/mol. The highest BCUT2D eigenvalue weighted by atomic mass is 32.2. The minimum atomic E-state index is -3.94. The molecule has 0 radical (unpaired) electrons. The number of aryl methyl sites for hydroxylation is 1. The molecule has 0 aliphatic rings. The third-order valence-corrected chi connectivity index (χ3v) is 4.56. The van der Waals surface area contributed by atoms with Crippen LogP contribution >= 0.6 is 0 Å². The molecule has 0 bridgehead atoms. The number of amides is 1. The molecular formula is C17H19NO5S. The zero-order valence-electron chi connectivity index (χ0n) is 13.2. The quantitative estimate of drug-likeness (QED) is 0.739. The molecule has 6 nitrogen and oxygen atoms in total. The fourth-order valence-corrected chi connectivity index (χ4v) is 2.84. The molecule has 2 N–H and O–H groups in total. The number of carbonyl (C=O) groups excluding carboxylic acids is 1. The summed E-state index contributed by atoms with van der Waals surface area (Å²) in [6.07, 6.45) is -1.14. The van der Waals surface area contributed by atoms with Crippen LogP contribution in [0.4, 0.5) is 0 Å². The zero-order chi connectivity index (χ0) is 17.6.